The lowest BCUT2D eigenvalue weighted by molar-refractivity contribution is -0.120. The van der Waals surface area contributed by atoms with E-state index >= 15 is 0 Å². The molecule has 0 bridgehead atoms. The third-order valence-electron chi connectivity index (χ3n) is 2.98. The number of carboxylic acids is 1. The van der Waals surface area contributed by atoms with Crippen LogP contribution in [0.3, 0.4) is 0 Å². The molecule has 0 saturated carbocycles. The summed E-state index contributed by atoms with van der Waals surface area (Å²) in [5, 5.41) is 11.5. The average molecular weight is 284 g/mol. The molecular weight excluding hydrogens is 268 g/mol. The van der Waals surface area contributed by atoms with Gasteiger partial charge in [-0.25, -0.2) is 9.78 Å². The number of hydrogen-bond donors (Lipinski definition) is 2. The normalized spacial score (nSPS) is 10.1. The molecule has 0 aliphatic carbocycles. The van der Waals surface area contributed by atoms with E-state index in [0.29, 0.717) is 13.0 Å². The van der Waals surface area contributed by atoms with Crippen LogP contribution in [0.2, 0.25) is 0 Å². The summed E-state index contributed by atoms with van der Waals surface area (Å²) in [5.41, 5.74) is 2.84. The molecule has 2 aromatic rings. The molecule has 1 amide bonds. The number of carbonyl (C=O) groups is 2. The van der Waals surface area contributed by atoms with Gasteiger partial charge in [-0.05, 0) is 24.1 Å². The second-order valence-corrected chi connectivity index (χ2v) is 4.80. The first-order valence-electron chi connectivity index (χ1n) is 6.55. The lowest BCUT2D eigenvalue weighted by Crippen LogP contribution is -2.24. The summed E-state index contributed by atoms with van der Waals surface area (Å²) in [4.78, 5) is 26.3. The first-order valence-corrected chi connectivity index (χ1v) is 6.55. The standard InChI is InChI=1S/C16H16N2O3/c1-11-3-2-4-12(7-11)8-15(19)18-10-13-5-6-14(16(20)21)17-9-13/h2-7,9H,8,10H2,1H3,(H,18,19)(H,20,21). The van der Waals surface area contributed by atoms with Crippen LogP contribution in [0.1, 0.15) is 27.2 Å². The Bertz CT molecular complexity index is 651. The van der Waals surface area contributed by atoms with E-state index in [1.807, 2.05) is 31.2 Å². The van der Waals surface area contributed by atoms with Crippen molar-refractivity contribution < 1.29 is 14.7 Å². The fraction of sp³-hybridized carbons (Fsp3) is 0.188. The van der Waals surface area contributed by atoms with E-state index in [0.717, 1.165) is 16.7 Å². The number of carboxylic acid groups (broad SMARTS) is 1. The molecule has 5 heteroatoms. The first-order chi connectivity index (χ1) is 10.0. The molecule has 0 atom stereocenters. The van der Waals surface area contributed by atoms with Gasteiger partial charge in [0.1, 0.15) is 5.69 Å². The van der Waals surface area contributed by atoms with Gasteiger partial charge in [-0.1, -0.05) is 35.9 Å². The topological polar surface area (TPSA) is 79.3 Å². The van der Waals surface area contributed by atoms with Crippen molar-refractivity contribution in [2.24, 2.45) is 0 Å². The number of benzene rings is 1. The highest BCUT2D eigenvalue weighted by Gasteiger charge is 2.06. The molecule has 1 heterocycles. The molecule has 1 aromatic heterocycles. The van der Waals surface area contributed by atoms with Crippen molar-refractivity contribution >= 4 is 11.9 Å². The van der Waals surface area contributed by atoms with Gasteiger partial charge in [-0.2, -0.15) is 0 Å². The van der Waals surface area contributed by atoms with Crippen LogP contribution in [0.25, 0.3) is 0 Å². The fourth-order valence-electron chi connectivity index (χ4n) is 1.93. The molecule has 1 aromatic carbocycles. The summed E-state index contributed by atoms with van der Waals surface area (Å²) in [7, 11) is 0. The van der Waals surface area contributed by atoms with Crippen LogP contribution in [-0.2, 0) is 17.8 Å². The number of hydrogen-bond acceptors (Lipinski definition) is 3. The molecule has 0 fully saturated rings. The Balaban J connectivity index is 1.87. The molecule has 0 spiro atoms. The number of aromatic nitrogens is 1. The highest BCUT2D eigenvalue weighted by atomic mass is 16.4. The quantitative estimate of drug-likeness (QED) is 0.879. The zero-order valence-electron chi connectivity index (χ0n) is 11.7. The second-order valence-electron chi connectivity index (χ2n) is 4.80. The van der Waals surface area contributed by atoms with Crippen molar-refractivity contribution in [3.63, 3.8) is 0 Å². The number of pyridine rings is 1. The van der Waals surface area contributed by atoms with E-state index < -0.39 is 5.97 Å². The Morgan fingerprint density at radius 3 is 2.62 bits per heavy atom. The van der Waals surface area contributed by atoms with Crippen LogP contribution in [0.15, 0.2) is 42.6 Å². The van der Waals surface area contributed by atoms with Gasteiger partial charge in [0, 0.05) is 12.7 Å². The number of nitrogens with zero attached hydrogens (tertiary/aromatic N) is 1. The molecule has 0 unspecified atom stereocenters. The van der Waals surface area contributed by atoms with E-state index in [1.54, 1.807) is 6.07 Å². The third-order valence-corrected chi connectivity index (χ3v) is 2.98. The van der Waals surface area contributed by atoms with Gasteiger partial charge in [-0.15, -0.1) is 0 Å². The summed E-state index contributed by atoms with van der Waals surface area (Å²) in [6.07, 6.45) is 1.78. The van der Waals surface area contributed by atoms with Gasteiger partial charge in [0.2, 0.25) is 5.91 Å². The molecule has 2 rings (SSSR count). The minimum atomic E-state index is -1.06. The number of aryl methyl sites for hydroxylation is 1. The number of amides is 1. The maximum absolute atomic E-state index is 11.8. The molecule has 21 heavy (non-hydrogen) atoms. The van der Waals surface area contributed by atoms with Crippen LogP contribution in [0.5, 0.6) is 0 Å². The summed E-state index contributed by atoms with van der Waals surface area (Å²) in [5.74, 6) is -1.15. The minimum Gasteiger partial charge on any atom is -0.477 e. The van der Waals surface area contributed by atoms with Crippen LogP contribution < -0.4 is 5.32 Å². The number of rotatable bonds is 5. The molecular formula is C16H16N2O3. The van der Waals surface area contributed by atoms with Crippen LogP contribution in [-0.4, -0.2) is 22.0 Å². The van der Waals surface area contributed by atoms with Crippen molar-refractivity contribution in [1.82, 2.24) is 10.3 Å². The molecule has 0 saturated heterocycles. The fourth-order valence-corrected chi connectivity index (χ4v) is 1.93. The van der Waals surface area contributed by atoms with Crippen molar-refractivity contribution in [3.05, 3.63) is 65.0 Å². The molecule has 2 N–H and O–H groups in total. The zero-order chi connectivity index (χ0) is 15.2. The van der Waals surface area contributed by atoms with E-state index in [-0.39, 0.29) is 11.6 Å². The Morgan fingerprint density at radius 2 is 2.00 bits per heavy atom. The molecule has 5 nitrogen and oxygen atoms in total. The monoisotopic (exact) mass is 284 g/mol. The van der Waals surface area contributed by atoms with E-state index in [9.17, 15) is 9.59 Å². The SMILES string of the molecule is Cc1cccc(CC(=O)NCc2ccc(C(=O)O)nc2)c1. The van der Waals surface area contributed by atoms with E-state index in [4.69, 9.17) is 5.11 Å². The maximum atomic E-state index is 11.8. The first kappa shape index (κ1) is 14.7. The minimum absolute atomic E-state index is 0.00941. The largest absolute Gasteiger partial charge is 0.477 e. The van der Waals surface area contributed by atoms with Crippen LogP contribution in [0, 0.1) is 6.92 Å². The Morgan fingerprint density at radius 1 is 1.19 bits per heavy atom. The van der Waals surface area contributed by atoms with Gasteiger partial charge in [0.05, 0.1) is 6.42 Å². The van der Waals surface area contributed by atoms with Gasteiger partial charge in [-0.3, -0.25) is 4.79 Å². The lowest BCUT2D eigenvalue weighted by atomic mass is 10.1. The maximum Gasteiger partial charge on any atom is 0.354 e. The van der Waals surface area contributed by atoms with Crippen molar-refractivity contribution in [2.75, 3.05) is 0 Å². The van der Waals surface area contributed by atoms with Gasteiger partial charge >= 0.3 is 5.97 Å². The third kappa shape index (κ3) is 4.42. The summed E-state index contributed by atoms with van der Waals surface area (Å²) >= 11 is 0. The lowest BCUT2D eigenvalue weighted by Gasteiger charge is -2.06. The predicted octanol–water partition coefficient (Wildman–Crippen LogP) is 1.95. The van der Waals surface area contributed by atoms with Crippen molar-refractivity contribution in [1.29, 1.82) is 0 Å². The summed E-state index contributed by atoms with van der Waals surface area (Å²) < 4.78 is 0. The van der Waals surface area contributed by atoms with Crippen LogP contribution >= 0.6 is 0 Å². The Labute approximate surface area is 122 Å². The number of aromatic carboxylic acids is 1. The predicted molar refractivity (Wildman–Crippen MR) is 77.9 cm³/mol. The smallest absolute Gasteiger partial charge is 0.354 e. The Kier molecular flexibility index (Phi) is 4.66. The number of carbonyl (C=O) groups excluding carboxylic acids is 1. The van der Waals surface area contributed by atoms with Gasteiger partial charge in [0.25, 0.3) is 0 Å². The Hall–Kier alpha value is -2.69. The molecule has 0 aliphatic heterocycles. The zero-order valence-corrected chi connectivity index (χ0v) is 11.7. The molecule has 0 radical (unpaired) electrons. The highest BCUT2D eigenvalue weighted by molar-refractivity contribution is 5.85. The molecule has 108 valence electrons. The summed E-state index contributed by atoms with van der Waals surface area (Å²) in [6.45, 7) is 2.31. The van der Waals surface area contributed by atoms with E-state index in [2.05, 4.69) is 10.3 Å². The highest BCUT2D eigenvalue weighted by Crippen LogP contribution is 2.05. The van der Waals surface area contributed by atoms with Gasteiger partial charge in [0.15, 0.2) is 0 Å². The van der Waals surface area contributed by atoms with Crippen molar-refractivity contribution in [2.45, 2.75) is 19.9 Å². The average Bonchev–Trinajstić information content (AvgIpc) is 2.45. The van der Waals surface area contributed by atoms with Gasteiger partial charge < -0.3 is 10.4 Å². The van der Waals surface area contributed by atoms with E-state index in [1.165, 1.54) is 12.3 Å². The van der Waals surface area contributed by atoms with Crippen LogP contribution in [0.4, 0.5) is 0 Å². The summed E-state index contributed by atoms with van der Waals surface area (Å²) in [6, 6.07) is 10.9. The van der Waals surface area contributed by atoms with Crippen molar-refractivity contribution in [3.8, 4) is 0 Å². The second kappa shape index (κ2) is 6.65. The number of nitrogens with one attached hydrogen (secondary N) is 1. The molecule has 0 aliphatic rings.